The first-order valence-corrected chi connectivity index (χ1v) is 11.4. The highest BCUT2D eigenvalue weighted by atomic mass is 32.2. The summed E-state index contributed by atoms with van der Waals surface area (Å²) in [6, 6.07) is 3.88. The number of hydrogen-bond donors (Lipinski definition) is 0. The molecule has 2 amide bonds. The van der Waals surface area contributed by atoms with Crippen LogP contribution in [0.5, 0.6) is 5.75 Å². The minimum atomic E-state index is -0.335. The molecule has 0 aromatic heterocycles. The van der Waals surface area contributed by atoms with Gasteiger partial charge in [0.1, 0.15) is 5.75 Å². The average molecular weight is 429 g/mol. The minimum Gasteiger partial charge on any atom is -0.496 e. The molecule has 162 valence electrons. The third-order valence-electron chi connectivity index (χ3n) is 6.04. The van der Waals surface area contributed by atoms with Gasteiger partial charge in [0, 0.05) is 29.4 Å². The number of imide groups is 1. The van der Waals surface area contributed by atoms with Crippen LogP contribution in [0.3, 0.4) is 0 Å². The Labute approximate surface area is 184 Å². The Bertz CT molecular complexity index is 906. The number of methoxy groups -OCH3 is 1. The predicted molar refractivity (Wildman–Crippen MR) is 125 cm³/mol. The molecule has 6 heteroatoms. The summed E-state index contributed by atoms with van der Waals surface area (Å²) in [5.41, 5.74) is 3.35. The molecule has 30 heavy (non-hydrogen) atoms. The van der Waals surface area contributed by atoms with Crippen LogP contribution >= 0.6 is 11.8 Å². The maximum atomic E-state index is 12.8. The van der Waals surface area contributed by atoms with E-state index in [-0.39, 0.29) is 22.7 Å². The van der Waals surface area contributed by atoms with Crippen LogP contribution in [0.15, 0.2) is 29.7 Å². The van der Waals surface area contributed by atoms with Crippen LogP contribution in [-0.2, 0) is 4.79 Å². The molecule has 2 unspecified atom stereocenters. The Morgan fingerprint density at radius 1 is 1.37 bits per heavy atom. The molecule has 2 aliphatic heterocycles. The molecule has 1 aromatic rings. The molecule has 1 fully saturated rings. The number of carbonyl (C=O) groups is 2. The number of amides is 2. The van der Waals surface area contributed by atoms with Crippen LogP contribution in [-0.4, -0.2) is 41.3 Å². The molecule has 2 aliphatic rings. The molecule has 0 saturated carbocycles. The summed E-state index contributed by atoms with van der Waals surface area (Å²) < 4.78 is 5.70. The zero-order chi connectivity index (χ0) is 22.2. The maximum absolute atomic E-state index is 12.8. The Kier molecular flexibility index (Phi) is 6.37. The van der Waals surface area contributed by atoms with Gasteiger partial charge in [0.2, 0.25) is 0 Å². The minimum absolute atomic E-state index is 0.0679. The van der Waals surface area contributed by atoms with Crippen LogP contribution in [0.25, 0.3) is 6.08 Å². The first-order chi connectivity index (χ1) is 14.1. The van der Waals surface area contributed by atoms with Crippen molar-refractivity contribution in [2.75, 3.05) is 18.6 Å². The largest absolute Gasteiger partial charge is 0.496 e. The standard InChI is InChI=1S/C24H32N2O3S/c1-8-10-25-19-13-20(29-7)17(11-18(19)15(3)14-24(25,5)6)12-21-22(27)26(16(4)9-2)23(28)30-21/h9,11-13,15-16H,2,8,10,14H2,1,3-7H3/b21-12+. The third kappa shape index (κ3) is 3.89. The van der Waals surface area contributed by atoms with Gasteiger partial charge in [0.25, 0.3) is 11.1 Å². The zero-order valence-corrected chi connectivity index (χ0v) is 19.6. The van der Waals surface area contributed by atoms with Crippen molar-refractivity contribution >= 4 is 34.7 Å². The molecular formula is C24H32N2O3S. The number of ether oxygens (including phenoxy) is 1. The highest BCUT2D eigenvalue weighted by Crippen LogP contribution is 2.46. The number of nitrogens with zero attached hydrogens (tertiary/aromatic N) is 2. The van der Waals surface area contributed by atoms with Gasteiger partial charge in [-0.25, -0.2) is 0 Å². The van der Waals surface area contributed by atoms with Gasteiger partial charge in [-0.15, -0.1) is 6.58 Å². The summed E-state index contributed by atoms with van der Waals surface area (Å²) in [5, 5.41) is -0.264. The van der Waals surface area contributed by atoms with Crippen molar-refractivity contribution < 1.29 is 14.3 Å². The van der Waals surface area contributed by atoms with Crippen molar-refractivity contribution in [1.82, 2.24) is 4.90 Å². The van der Waals surface area contributed by atoms with E-state index in [1.165, 1.54) is 16.2 Å². The lowest BCUT2D eigenvalue weighted by Crippen LogP contribution is -2.48. The van der Waals surface area contributed by atoms with Gasteiger partial charge in [-0.3, -0.25) is 14.5 Å². The zero-order valence-electron chi connectivity index (χ0n) is 18.8. The van der Waals surface area contributed by atoms with E-state index in [1.54, 1.807) is 26.2 Å². The maximum Gasteiger partial charge on any atom is 0.294 e. The topological polar surface area (TPSA) is 49.9 Å². The van der Waals surface area contributed by atoms with Gasteiger partial charge in [-0.1, -0.05) is 19.9 Å². The summed E-state index contributed by atoms with van der Waals surface area (Å²) in [4.78, 5) is 29.3. The molecule has 3 rings (SSSR count). The average Bonchev–Trinajstić information content (AvgIpc) is 2.97. The van der Waals surface area contributed by atoms with E-state index in [0.29, 0.717) is 16.6 Å². The Morgan fingerprint density at radius 2 is 2.07 bits per heavy atom. The molecule has 0 bridgehead atoms. The van der Waals surface area contributed by atoms with E-state index in [0.717, 1.165) is 36.7 Å². The summed E-state index contributed by atoms with van der Waals surface area (Å²) in [6.07, 6.45) is 5.51. The Balaban J connectivity index is 2.07. The SMILES string of the molecule is C=CC(C)N1C(=O)S/C(=C/c2cc3c(cc2OC)N(CCC)C(C)(C)CC3C)C1=O. The number of fused-ring (bicyclic) bond motifs is 1. The van der Waals surface area contributed by atoms with E-state index in [9.17, 15) is 9.59 Å². The van der Waals surface area contributed by atoms with E-state index in [2.05, 4.69) is 51.3 Å². The number of carbonyl (C=O) groups excluding carboxylic acids is 2. The Morgan fingerprint density at radius 3 is 2.67 bits per heavy atom. The number of anilines is 1. The molecule has 2 atom stereocenters. The molecule has 0 N–H and O–H groups in total. The highest BCUT2D eigenvalue weighted by Gasteiger charge is 2.39. The lowest BCUT2D eigenvalue weighted by Gasteiger charge is -2.47. The number of hydrogen-bond acceptors (Lipinski definition) is 5. The first kappa shape index (κ1) is 22.5. The summed E-state index contributed by atoms with van der Waals surface area (Å²) in [6.45, 7) is 15.5. The van der Waals surface area contributed by atoms with Crippen LogP contribution in [0.2, 0.25) is 0 Å². The molecular weight excluding hydrogens is 396 g/mol. The van der Waals surface area contributed by atoms with E-state index < -0.39 is 0 Å². The second kappa shape index (κ2) is 8.50. The van der Waals surface area contributed by atoms with Crippen molar-refractivity contribution in [3.63, 3.8) is 0 Å². The van der Waals surface area contributed by atoms with Gasteiger partial charge in [0.15, 0.2) is 0 Å². The molecule has 1 aromatic carbocycles. The Hall–Kier alpha value is -2.21. The second-order valence-corrected chi connectivity index (χ2v) is 9.74. The molecule has 0 radical (unpaired) electrons. The van der Waals surface area contributed by atoms with Crippen molar-refractivity contribution in [3.05, 3.63) is 40.8 Å². The number of benzene rings is 1. The summed E-state index contributed by atoms with van der Waals surface area (Å²) >= 11 is 0.971. The molecule has 2 heterocycles. The van der Waals surface area contributed by atoms with Gasteiger partial charge < -0.3 is 9.64 Å². The number of thioether (sulfide) groups is 1. The van der Waals surface area contributed by atoms with E-state index >= 15 is 0 Å². The van der Waals surface area contributed by atoms with Gasteiger partial charge in [0.05, 0.1) is 18.1 Å². The predicted octanol–water partition coefficient (Wildman–Crippen LogP) is 5.81. The molecule has 1 saturated heterocycles. The van der Waals surface area contributed by atoms with Crippen LogP contribution in [0.1, 0.15) is 64.5 Å². The second-order valence-electron chi connectivity index (χ2n) is 8.75. The summed E-state index contributed by atoms with van der Waals surface area (Å²) in [5.74, 6) is 0.819. The quantitative estimate of drug-likeness (QED) is 0.423. The van der Waals surface area contributed by atoms with Gasteiger partial charge in [-0.05, 0) is 69.0 Å². The lowest BCUT2D eigenvalue weighted by molar-refractivity contribution is -0.123. The third-order valence-corrected chi connectivity index (χ3v) is 6.93. The van der Waals surface area contributed by atoms with E-state index in [4.69, 9.17) is 4.74 Å². The molecule has 0 aliphatic carbocycles. The fourth-order valence-corrected chi connectivity index (χ4v) is 5.45. The first-order valence-electron chi connectivity index (χ1n) is 10.5. The van der Waals surface area contributed by atoms with Crippen LogP contribution in [0, 0.1) is 0 Å². The smallest absolute Gasteiger partial charge is 0.294 e. The van der Waals surface area contributed by atoms with E-state index in [1.807, 2.05) is 0 Å². The van der Waals surface area contributed by atoms with Gasteiger partial charge >= 0.3 is 0 Å². The van der Waals surface area contributed by atoms with Crippen molar-refractivity contribution in [2.45, 2.75) is 65.0 Å². The highest BCUT2D eigenvalue weighted by molar-refractivity contribution is 8.18. The molecule has 5 nitrogen and oxygen atoms in total. The fourth-order valence-electron chi connectivity index (χ4n) is 4.54. The van der Waals surface area contributed by atoms with Crippen molar-refractivity contribution in [1.29, 1.82) is 0 Å². The van der Waals surface area contributed by atoms with Gasteiger partial charge in [-0.2, -0.15) is 0 Å². The lowest BCUT2D eigenvalue weighted by atomic mass is 9.79. The summed E-state index contributed by atoms with van der Waals surface area (Å²) in [7, 11) is 1.64. The van der Waals surface area contributed by atoms with Crippen LogP contribution < -0.4 is 9.64 Å². The van der Waals surface area contributed by atoms with Crippen LogP contribution in [0.4, 0.5) is 10.5 Å². The normalized spacial score (nSPS) is 23.0. The van der Waals surface area contributed by atoms with Crippen molar-refractivity contribution in [3.8, 4) is 5.75 Å². The monoisotopic (exact) mass is 428 g/mol. The number of rotatable bonds is 6. The fraction of sp³-hybridized carbons (Fsp3) is 0.500. The van der Waals surface area contributed by atoms with Crippen molar-refractivity contribution in [2.24, 2.45) is 0 Å². The molecule has 0 spiro atoms.